The zero-order valence-corrected chi connectivity index (χ0v) is 13.2. The third-order valence-electron chi connectivity index (χ3n) is 3.59. The first kappa shape index (κ1) is 14.9. The molecule has 0 spiro atoms. The molecule has 0 atom stereocenters. The Bertz CT molecular complexity index is 694. The minimum atomic E-state index is -4.43. The second kappa shape index (κ2) is 5.32. The molecule has 0 unspecified atom stereocenters. The van der Waals surface area contributed by atoms with Crippen molar-refractivity contribution in [3.63, 3.8) is 0 Å². The summed E-state index contributed by atoms with van der Waals surface area (Å²) in [7, 11) is 0. The quantitative estimate of drug-likeness (QED) is 0.667. The second-order valence-electron chi connectivity index (χ2n) is 4.99. The van der Waals surface area contributed by atoms with Gasteiger partial charge in [-0.15, -0.1) is 0 Å². The molecule has 1 heterocycles. The van der Waals surface area contributed by atoms with Crippen molar-refractivity contribution in [3.8, 4) is 5.69 Å². The molecule has 0 bridgehead atoms. The van der Waals surface area contributed by atoms with E-state index in [1.807, 2.05) is 0 Å². The van der Waals surface area contributed by atoms with Crippen LogP contribution in [0.1, 0.15) is 29.8 Å². The van der Waals surface area contributed by atoms with Crippen molar-refractivity contribution < 1.29 is 13.2 Å². The Balaban J connectivity index is 2.21. The number of benzene rings is 1. The summed E-state index contributed by atoms with van der Waals surface area (Å²) >= 11 is 9.23. The van der Waals surface area contributed by atoms with Crippen LogP contribution in [0.15, 0.2) is 22.7 Å². The highest BCUT2D eigenvalue weighted by Crippen LogP contribution is 2.38. The Kier molecular flexibility index (Phi) is 3.78. The number of halogens is 5. The molecule has 0 saturated heterocycles. The maximum Gasteiger partial charge on any atom is 0.435 e. The van der Waals surface area contributed by atoms with Gasteiger partial charge in [-0.25, -0.2) is 4.68 Å². The first-order valence-electron chi connectivity index (χ1n) is 6.51. The SMILES string of the molecule is FC(F)(F)c1nn(-c2ccc(Cl)cc2Br)c2c1CCCC2. The van der Waals surface area contributed by atoms with Gasteiger partial charge in [-0.2, -0.15) is 18.3 Å². The van der Waals surface area contributed by atoms with Crippen LogP contribution in [0.3, 0.4) is 0 Å². The predicted molar refractivity (Wildman–Crippen MR) is 77.9 cm³/mol. The van der Waals surface area contributed by atoms with Gasteiger partial charge in [-0.1, -0.05) is 11.6 Å². The maximum absolute atomic E-state index is 13.2. The van der Waals surface area contributed by atoms with Gasteiger partial charge in [-0.3, -0.25) is 0 Å². The van der Waals surface area contributed by atoms with Gasteiger partial charge in [0.1, 0.15) is 0 Å². The van der Waals surface area contributed by atoms with Crippen LogP contribution < -0.4 is 0 Å². The molecule has 7 heteroatoms. The molecular weight excluding hydrogens is 369 g/mol. The summed E-state index contributed by atoms with van der Waals surface area (Å²) in [5.41, 5.74) is 0.791. The van der Waals surface area contributed by atoms with Crippen LogP contribution in [0.2, 0.25) is 5.02 Å². The van der Waals surface area contributed by atoms with E-state index < -0.39 is 11.9 Å². The number of hydrogen-bond acceptors (Lipinski definition) is 1. The van der Waals surface area contributed by atoms with Gasteiger partial charge in [0, 0.05) is 20.8 Å². The molecule has 0 N–H and O–H groups in total. The zero-order chi connectivity index (χ0) is 15.2. The number of nitrogens with zero attached hydrogens (tertiary/aromatic N) is 2. The third-order valence-corrected chi connectivity index (χ3v) is 4.46. The van der Waals surface area contributed by atoms with Crippen molar-refractivity contribution in [2.45, 2.75) is 31.9 Å². The van der Waals surface area contributed by atoms with Crippen molar-refractivity contribution in [2.75, 3.05) is 0 Å². The van der Waals surface area contributed by atoms with Crippen LogP contribution in [-0.4, -0.2) is 9.78 Å². The standard InChI is InChI=1S/C14H11BrClF3N2/c15-10-7-8(16)5-6-12(10)21-11-4-2-1-3-9(11)13(20-21)14(17,18)19/h5-7H,1-4H2. The molecule has 1 aromatic carbocycles. The summed E-state index contributed by atoms with van der Waals surface area (Å²) in [6.45, 7) is 0. The summed E-state index contributed by atoms with van der Waals surface area (Å²) in [6, 6.07) is 4.97. The molecule has 0 saturated carbocycles. The van der Waals surface area contributed by atoms with E-state index in [4.69, 9.17) is 11.6 Å². The normalized spacial score (nSPS) is 15.1. The van der Waals surface area contributed by atoms with E-state index in [2.05, 4.69) is 21.0 Å². The molecule has 1 aliphatic rings. The molecule has 2 nitrogen and oxygen atoms in total. The fourth-order valence-electron chi connectivity index (χ4n) is 2.68. The molecule has 0 radical (unpaired) electrons. The molecule has 0 amide bonds. The summed E-state index contributed by atoms with van der Waals surface area (Å²) in [6.07, 6.45) is -1.75. The number of rotatable bonds is 1. The van der Waals surface area contributed by atoms with Crippen LogP contribution >= 0.6 is 27.5 Å². The van der Waals surface area contributed by atoms with Gasteiger partial charge in [-0.05, 0) is 59.8 Å². The summed E-state index contributed by atoms with van der Waals surface area (Å²) in [4.78, 5) is 0. The fraction of sp³-hybridized carbons (Fsp3) is 0.357. The monoisotopic (exact) mass is 378 g/mol. The van der Waals surface area contributed by atoms with E-state index in [9.17, 15) is 13.2 Å². The predicted octanol–water partition coefficient (Wildman–Crippen LogP) is 5.19. The van der Waals surface area contributed by atoms with E-state index in [0.29, 0.717) is 39.3 Å². The molecule has 21 heavy (non-hydrogen) atoms. The van der Waals surface area contributed by atoms with E-state index in [0.717, 1.165) is 12.8 Å². The number of hydrogen-bond donors (Lipinski definition) is 0. The Morgan fingerprint density at radius 2 is 1.90 bits per heavy atom. The van der Waals surface area contributed by atoms with E-state index in [1.54, 1.807) is 18.2 Å². The Labute approximate surface area is 133 Å². The van der Waals surface area contributed by atoms with Crippen molar-refractivity contribution in [3.05, 3.63) is 44.6 Å². The summed E-state index contributed by atoms with van der Waals surface area (Å²) in [5, 5.41) is 4.36. The summed E-state index contributed by atoms with van der Waals surface area (Å²) in [5.74, 6) is 0. The van der Waals surface area contributed by atoms with Crippen LogP contribution in [0.25, 0.3) is 5.69 Å². The topological polar surface area (TPSA) is 17.8 Å². The highest BCUT2D eigenvalue weighted by molar-refractivity contribution is 9.10. The van der Waals surface area contributed by atoms with Gasteiger partial charge in [0.2, 0.25) is 0 Å². The number of alkyl halides is 3. The Morgan fingerprint density at radius 1 is 1.19 bits per heavy atom. The number of fused-ring (bicyclic) bond motifs is 1. The van der Waals surface area contributed by atoms with Crippen molar-refractivity contribution >= 4 is 27.5 Å². The van der Waals surface area contributed by atoms with Crippen LogP contribution in [-0.2, 0) is 19.0 Å². The molecular formula is C14H11BrClF3N2. The second-order valence-corrected chi connectivity index (χ2v) is 6.28. The minimum Gasteiger partial charge on any atom is -0.236 e. The van der Waals surface area contributed by atoms with Crippen molar-refractivity contribution in [1.82, 2.24) is 9.78 Å². The largest absolute Gasteiger partial charge is 0.435 e. The lowest BCUT2D eigenvalue weighted by Gasteiger charge is -2.15. The average Bonchev–Trinajstić information content (AvgIpc) is 2.78. The van der Waals surface area contributed by atoms with Gasteiger partial charge in [0.05, 0.1) is 5.69 Å². The zero-order valence-electron chi connectivity index (χ0n) is 10.8. The Hall–Kier alpha value is -1.01. The van der Waals surface area contributed by atoms with E-state index in [1.165, 1.54) is 4.68 Å². The van der Waals surface area contributed by atoms with Gasteiger partial charge < -0.3 is 0 Å². The van der Waals surface area contributed by atoms with Crippen LogP contribution in [0.4, 0.5) is 13.2 Å². The fourth-order valence-corrected chi connectivity index (χ4v) is 3.53. The van der Waals surface area contributed by atoms with Crippen LogP contribution in [0.5, 0.6) is 0 Å². The lowest BCUT2D eigenvalue weighted by atomic mass is 9.95. The Morgan fingerprint density at radius 3 is 2.57 bits per heavy atom. The first-order chi connectivity index (χ1) is 9.88. The highest BCUT2D eigenvalue weighted by atomic mass is 79.9. The molecule has 0 fully saturated rings. The molecule has 1 aromatic heterocycles. The first-order valence-corrected chi connectivity index (χ1v) is 7.68. The molecule has 1 aliphatic carbocycles. The molecule has 0 aliphatic heterocycles. The highest BCUT2D eigenvalue weighted by Gasteiger charge is 2.39. The van der Waals surface area contributed by atoms with E-state index in [-0.39, 0.29) is 0 Å². The lowest BCUT2D eigenvalue weighted by Crippen LogP contribution is -2.11. The average molecular weight is 380 g/mol. The molecule has 112 valence electrons. The third kappa shape index (κ3) is 2.71. The van der Waals surface area contributed by atoms with Crippen LogP contribution in [0, 0.1) is 0 Å². The minimum absolute atomic E-state index is 0.329. The lowest BCUT2D eigenvalue weighted by molar-refractivity contribution is -0.142. The van der Waals surface area contributed by atoms with Gasteiger partial charge in [0.15, 0.2) is 5.69 Å². The smallest absolute Gasteiger partial charge is 0.236 e. The van der Waals surface area contributed by atoms with Crippen molar-refractivity contribution in [1.29, 1.82) is 0 Å². The summed E-state index contributed by atoms with van der Waals surface area (Å²) < 4.78 is 41.5. The van der Waals surface area contributed by atoms with E-state index >= 15 is 0 Å². The van der Waals surface area contributed by atoms with Gasteiger partial charge in [0.25, 0.3) is 0 Å². The molecule has 3 rings (SSSR count). The molecule has 2 aromatic rings. The number of aromatic nitrogens is 2. The van der Waals surface area contributed by atoms with Gasteiger partial charge >= 0.3 is 6.18 Å². The van der Waals surface area contributed by atoms with Crippen molar-refractivity contribution in [2.24, 2.45) is 0 Å². The maximum atomic E-state index is 13.2.